The van der Waals surface area contributed by atoms with E-state index in [0.717, 1.165) is 0 Å². The predicted molar refractivity (Wildman–Crippen MR) is 70.0 cm³/mol. The molecule has 1 atom stereocenters. The van der Waals surface area contributed by atoms with E-state index in [0.29, 0.717) is 17.0 Å². The second-order valence-electron chi connectivity index (χ2n) is 3.84. The van der Waals surface area contributed by atoms with E-state index in [1.54, 1.807) is 25.4 Å². The molecule has 0 radical (unpaired) electrons. The molecule has 4 nitrogen and oxygen atoms in total. The summed E-state index contributed by atoms with van der Waals surface area (Å²) in [7, 11) is 1.67. The van der Waals surface area contributed by atoms with Crippen LogP contribution in [0.2, 0.25) is 0 Å². The molecular formula is C13H14N2O2S. The van der Waals surface area contributed by atoms with Crippen molar-refractivity contribution in [2.75, 3.05) is 20.2 Å². The summed E-state index contributed by atoms with van der Waals surface area (Å²) >= 11 is 1.31. The molecule has 1 N–H and O–H groups in total. The molecular weight excluding hydrogens is 248 g/mol. The van der Waals surface area contributed by atoms with Crippen LogP contribution >= 0.6 is 11.3 Å². The normalized spacial score (nSPS) is 11.0. The summed E-state index contributed by atoms with van der Waals surface area (Å²) in [6, 6.07) is 3.85. The van der Waals surface area contributed by atoms with Gasteiger partial charge in [0.25, 0.3) is 5.91 Å². The van der Waals surface area contributed by atoms with Gasteiger partial charge in [-0.3, -0.25) is 4.79 Å². The highest BCUT2D eigenvalue weighted by atomic mass is 32.1. The van der Waals surface area contributed by atoms with Crippen molar-refractivity contribution in [1.82, 2.24) is 4.90 Å². The third-order valence-electron chi connectivity index (χ3n) is 2.28. The molecule has 0 aliphatic carbocycles. The molecule has 0 aliphatic heterocycles. The maximum Gasteiger partial charge on any atom is 0.264 e. The first kappa shape index (κ1) is 14.2. The summed E-state index contributed by atoms with van der Waals surface area (Å²) in [5.74, 6) is 4.92. The van der Waals surface area contributed by atoms with Gasteiger partial charge in [-0.15, -0.1) is 11.3 Å². The highest BCUT2D eigenvalue weighted by molar-refractivity contribution is 7.12. The molecule has 0 bridgehead atoms. The molecule has 5 heteroatoms. The molecule has 0 spiro atoms. The molecule has 18 heavy (non-hydrogen) atoms. The maximum absolute atomic E-state index is 12.1. The predicted octanol–water partition coefficient (Wildman–Crippen LogP) is 1.32. The van der Waals surface area contributed by atoms with Crippen molar-refractivity contribution in [1.29, 1.82) is 5.26 Å². The first-order valence-electron chi connectivity index (χ1n) is 5.42. The van der Waals surface area contributed by atoms with Crippen LogP contribution in [0.1, 0.15) is 22.2 Å². The summed E-state index contributed by atoms with van der Waals surface area (Å²) in [6.07, 6.45) is 0. The Kier molecular flexibility index (Phi) is 5.38. The number of nitriles is 1. The van der Waals surface area contributed by atoms with E-state index in [2.05, 4.69) is 17.9 Å². The fraction of sp³-hybridized carbons (Fsp3) is 0.385. The van der Waals surface area contributed by atoms with Crippen molar-refractivity contribution in [3.05, 3.63) is 21.9 Å². The standard InChI is InChI=1S/C13H14N2O2S/c1-10(8-14)9-15(2)13(17)12-11(4-3-6-16)5-7-18-12/h5,7,10,16H,6,9H2,1-2H3. The Labute approximate surface area is 110 Å². The minimum atomic E-state index is -0.231. The van der Waals surface area contributed by atoms with E-state index in [-0.39, 0.29) is 18.4 Å². The maximum atomic E-state index is 12.1. The summed E-state index contributed by atoms with van der Waals surface area (Å²) in [5, 5.41) is 19.2. The van der Waals surface area contributed by atoms with Crippen LogP contribution in [0.4, 0.5) is 0 Å². The van der Waals surface area contributed by atoms with Gasteiger partial charge in [0.15, 0.2) is 0 Å². The van der Waals surface area contributed by atoms with Crippen molar-refractivity contribution in [3.63, 3.8) is 0 Å². The van der Waals surface area contributed by atoms with Crippen LogP contribution in [0.15, 0.2) is 11.4 Å². The van der Waals surface area contributed by atoms with Crippen LogP contribution < -0.4 is 0 Å². The highest BCUT2D eigenvalue weighted by Crippen LogP contribution is 2.18. The van der Waals surface area contributed by atoms with Crippen LogP contribution in [0, 0.1) is 29.1 Å². The topological polar surface area (TPSA) is 64.3 Å². The first-order valence-corrected chi connectivity index (χ1v) is 6.30. The number of hydrogen-bond donors (Lipinski definition) is 1. The van der Waals surface area contributed by atoms with Crippen molar-refractivity contribution in [3.8, 4) is 17.9 Å². The quantitative estimate of drug-likeness (QED) is 0.836. The van der Waals surface area contributed by atoms with E-state index in [9.17, 15) is 4.79 Å². The molecule has 1 unspecified atom stereocenters. The van der Waals surface area contributed by atoms with E-state index >= 15 is 0 Å². The fourth-order valence-corrected chi connectivity index (χ4v) is 2.26. The molecule has 1 heterocycles. The van der Waals surface area contributed by atoms with Gasteiger partial charge in [-0.2, -0.15) is 5.26 Å². The number of nitrogens with zero attached hydrogens (tertiary/aromatic N) is 2. The number of hydrogen-bond acceptors (Lipinski definition) is 4. The van der Waals surface area contributed by atoms with Crippen molar-refractivity contribution in [2.24, 2.45) is 5.92 Å². The Hall–Kier alpha value is -1.82. The number of rotatable bonds is 3. The monoisotopic (exact) mass is 262 g/mol. The Balaban J connectivity index is 2.84. The average molecular weight is 262 g/mol. The van der Waals surface area contributed by atoms with Crippen LogP contribution in [0.25, 0.3) is 0 Å². The number of aliphatic hydroxyl groups excluding tert-OH is 1. The van der Waals surface area contributed by atoms with E-state index in [1.165, 1.54) is 16.2 Å². The zero-order valence-corrected chi connectivity index (χ0v) is 11.1. The molecule has 0 saturated heterocycles. The van der Waals surface area contributed by atoms with Gasteiger partial charge in [0.1, 0.15) is 11.5 Å². The molecule has 0 fully saturated rings. The fourth-order valence-electron chi connectivity index (χ4n) is 1.42. The molecule has 0 saturated carbocycles. The minimum Gasteiger partial charge on any atom is -0.384 e. The van der Waals surface area contributed by atoms with Gasteiger partial charge in [0.2, 0.25) is 0 Å². The molecule has 1 amide bonds. The van der Waals surface area contributed by atoms with E-state index < -0.39 is 0 Å². The van der Waals surface area contributed by atoms with Gasteiger partial charge in [-0.05, 0) is 18.4 Å². The second kappa shape index (κ2) is 6.80. The van der Waals surface area contributed by atoms with Gasteiger partial charge in [-0.1, -0.05) is 11.8 Å². The van der Waals surface area contributed by atoms with Gasteiger partial charge in [0, 0.05) is 19.2 Å². The van der Waals surface area contributed by atoms with Gasteiger partial charge in [0.05, 0.1) is 12.0 Å². The molecule has 1 aromatic heterocycles. The zero-order chi connectivity index (χ0) is 13.5. The van der Waals surface area contributed by atoms with Crippen LogP contribution in [-0.2, 0) is 0 Å². The first-order chi connectivity index (χ1) is 8.60. The Morgan fingerprint density at radius 1 is 1.67 bits per heavy atom. The number of aliphatic hydroxyl groups is 1. The third-order valence-corrected chi connectivity index (χ3v) is 3.18. The number of thiophene rings is 1. The van der Waals surface area contributed by atoms with Crippen molar-refractivity contribution in [2.45, 2.75) is 6.92 Å². The third kappa shape index (κ3) is 3.59. The number of amides is 1. The highest BCUT2D eigenvalue weighted by Gasteiger charge is 2.18. The van der Waals surface area contributed by atoms with Gasteiger partial charge in [-0.25, -0.2) is 0 Å². The second-order valence-corrected chi connectivity index (χ2v) is 4.76. The van der Waals surface area contributed by atoms with Crippen molar-refractivity contribution >= 4 is 17.2 Å². The lowest BCUT2D eigenvalue weighted by atomic mass is 10.2. The lowest BCUT2D eigenvalue weighted by Gasteiger charge is -2.17. The van der Waals surface area contributed by atoms with Crippen LogP contribution in [0.3, 0.4) is 0 Å². The van der Waals surface area contributed by atoms with Gasteiger partial charge < -0.3 is 10.0 Å². The molecule has 1 rings (SSSR count). The van der Waals surface area contributed by atoms with Crippen molar-refractivity contribution < 1.29 is 9.90 Å². The smallest absolute Gasteiger partial charge is 0.264 e. The lowest BCUT2D eigenvalue weighted by molar-refractivity contribution is 0.0789. The Morgan fingerprint density at radius 2 is 2.39 bits per heavy atom. The number of carbonyl (C=O) groups excluding carboxylic acids is 1. The Bertz CT molecular complexity index is 519. The molecule has 94 valence electrons. The van der Waals surface area contributed by atoms with E-state index in [4.69, 9.17) is 10.4 Å². The summed E-state index contributed by atoms with van der Waals surface area (Å²) in [6.45, 7) is 1.93. The Morgan fingerprint density at radius 3 is 3.00 bits per heavy atom. The SMILES string of the molecule is CC(C#N)CN(C)C(=O)c1sccc1C#CCO. The largest absolute Gasteiger partial charge is 0.384 e. The lowest BCUT2D eigenvalue weighted by Crippen LogP contribution is -2.30. The molecule has 0 aliphatic rings. The molecule has 0 aromatic carbocycles. The average Bonchev–Trinajstić information content (AvgIpc) is 2.83. The summed E-state index contributed by atoms with van der Waals surface area (Å²) < 4.78 is 0. The van der Waals surface area contributed by atoms with Crippen LogP contribution in [-0.4, -0.2) is 36.1 Å². The summed E-state index contributed by atoms with van der Waals surface area (Å²) in [5.41, 5.74) is 0.621. The minimum absolute atomic E-state index is 0.144. The molecule has 1 aromatic rings. The summed E-state index contributed by atoms with van der Waals surface area (Å²) in [4.78, 5) is 14.2. The van der Waals surface area contributed by atoms with Crippen LogP contribution in [0.5, 0.6) is 0 Å². The zero-order valence-electron chi connectivity index (χ0n) is 10.3. The van der Waals surface area contributed by atoms with E-state index in [1.807, 2.05) is 0 Å². The van der Waals surface area contributed by atoms with Gasteiger partial charge >= 0.3 is 0 Å². The number of carbonyl (C=O) groups is 1.